The van der Waals surface area contributed by atoms with Crippen LogP contribution in [0.5, 0.6) is 5.75 Å². The molecule has 0 amide bonds. The van der Waals surface area contributed by atoms with Crippen LogP contribution in [0.4, 0.5) is 17.1 Å². The van der Waals surface area contributed by atoms with E-state index < -0.39 is 0 Å². The summed E-state index contributed by atoms with van der Waals surface area (Å²) in [5.41, 5.74) is 9.36. The fraction of sp³-hybridized carbons (Fsp3) is 0.103. The van der Waals surface area contributed by atoms with Crippen LogP contribution in [0.1, 0.15) is 17.0 Å². The molecule has 6 rings (SSSR count). The monoisotopic (exact) mass is 444 g/mol. The number of nitrogens with zero attached hydrogens (tertiary/aromatic N) is 4. The van der Waals surface area contributed by atoms with Gasteiger partial charge in [0.1, 0.15) is 12.4 Å². The molecule has 0 fully saturated rings. The van der Waals surface area contributed by atoms with Crippen molar-refractivity contribution in [3.05, 3.63) is 114 Å². The molecule has 34 heavy (non-hydrogen) atoms. The van der Waals surface area contributed by atoms with Gasteiger partial charge in [-0.3, -0.25) is 4.98 Å². The second-order valence-corrected chi connectivity index (χ2v) is 8.51. The lowest BCUT2D eigenvalue weighted by molar-refractivity contribution is 0.310. The molecule has 1 aliphatic heterocycles. The zero-order valence-corrected chi connectivity index (χ0v) is 19.1. The maximum atomic E-state index is 6.28. The molecule has 166 valence electrons. The van der Waals surface area contributed by atoms with Crippen molar-refractivity contribution in [3.63, 3.8) is 0 Å². The third-order valence-corrected chi connectivity index (χ3v) is 6.12. The molecule has 5 nitrogen and oxygen atoms in total. The highest BCUT2D eigenvalue weighted by molar-refractivity contribution is 5.85. The first-order valence-corrected chi connectivity index (χ1v) is 11.4. The average Bonchev–Trinajstić information content (AvgIpc) is 3.13. The average molecular weight is 445 g/mol. The largest absolute Gasteiger partial charge is 0.487 e. The lowest BCUT2D eigenvalue weighted by atomic mass is 10.1. The lowest BCUT2D eigenvalue weighted by Crippen LogP contribution is -2.11. The van der Waals surface area contributed by atoms with Gasteiger partial charge < -0.3 is 9.64 Å². The molecule has 5 aromatic rings. The molecule has 3 aromatic carbocycles. The van der Waals surface area contributed by atoms with E-state index in [9.17, 15) is 0 Å². The predicted molar refractivity (Wildman–Crippen MR) is 135 cm³/mol. The number of para-hydroxylation sites is 1. The minimum absolute atomic E-state index is 0.513. The first kappa shape index (κ1) is 20.2. The minimum Gasteiger partial charge on any atom is -0.487 e. The van der Waals surface area contributed by atoms with Crippen molar-refractivity contribution in [3.8, 4) is 22.7 Å². The topological polar surface area (TPSA) is 43.2 Å². The molecular formula is C29H24N4O. The SMILES string of the molecule is Cc1cc(C)n(-c2ccc3c(c2)N(c2cccc(-c4ccccn4)c2)c2ccccc2CO3)n1. The summed E-state index contributed by atoms with van der Waals surface area (Å²) in [6.45, 7) is 4.60. The fourth-order valence-corrected chi connectivity index (χ4v) is 4.58. The number of hydrogen-bond acceptors (Lipinski definition) is 4. The molecule has 0 N–H and O–H groups in total. The van der Waals surface area contributed by atoms with Crippen LogP contribution < -0.4 is 9.64 Å². The van der Waals surface area contributed by atoms with E-state index in [-0.39, 0.29) is 0 Å². The number of hydrogen-bond donors (Lipinski definition) is 0. The van der Waals surface area contributed by atoms with Crippen molar-refractivity contribution in [2.24, 2.45) is 0 Å². The van der Waals surface area contributed by atoms with Crippen LogP contribution in [0.2, 0.25) is 0 Å². The van der Waals surface area contributed by atoms with Crippen LogP contribution in [0, 0.1) is 13.8 Å². The van der Waals surface area contributed by atoms with E-state index in [1.807, 2.05) is 42.1 Å². The molecule has 0 spiro atoms. The molecule has 0 unspecified atom stereocenters. The van der Waals surface area contributed by atoms with Gasteiger partial charge in [-0.25, -0.2) is 4.68 Å². The zero-order chi connectivity index (χ0) is 23.1. The molecule has 0 bridgehead atoms. The van der Waals surface area contributed by atoms with Crippen molar-refractivity contribution < 1.29 is 4.74 Å². The quantitative estimate of drug-likeness (QED) is 0.303. The van der Waals surface area contributed by atoms with Gasteiger partial charge >= 0.3 is 0 Å². The maximum absolute atomic E-state index is 6.28. The molecule has 0 radical (unpaired) electrons. The fourth-order valence-electron chi connectivity index (χ4n) is 4.58. The van der Waals surface area contributed by atoms with Crippen molar-refractivity contribution in [2.45, 2.75) is 20.5 Å². The highest BCUT2D eigenvalue weighted by Crippen LogP contribution is 2.45. The highest BCUT2D eigenvalue weighted by Gasteiger charge is 2.24. The zero-order valence-electron chi connectivity index (χ0n) is 19.1. The van der Waals surface area contributed by atoms with E-state index in [0.717, 1.165) is 56.7 Å². The minimum atomic E-state index is 0.513. The smallest absolute Gasteiger partial charge is 0.143 e. The number of aryl methyl sites for hydroxylation is 2. The Morgan fingerprint density at radius 2 is 1.65 bits per heavy atom. The van der Waals surface area contributed by atoms with E-state index in [0.29, 0.717) is 6.61 Å². The van der Waals surface area contributed by atoms with Crippen LogP contribution in [-0.2, 0) is 6.61 Å². The summed E-state index contributed by atoms with van der Waals surface area (Å²) < 4.78 is 8.27. The Balaban J connectivity index is 1.56. The number of aromatic nitrogens is 3. The summed E-state index contributed by atoms with van der Waals surface area (Å²) in [5, 5.41) is 4.70. The molecule has 0 aliphatic carbocycles. The maximum Gasteiger partial charge on any atom is 0.143 e. The summed E-state index contributed by atoms with van der Waals surface area (Å²) in [5.74, 6) is 0.838. The molecule has 0 saturated carbocycles. The van der Waals surface area contributed by atoms with Crippen molar-refractivity contribution in [1.29, 1.82) is 0 Å². The molecule has 3 heterocycles. The lowest BCUT2D eigenvalue weighted by Gasteiger charge is -2.27. The Morgan fingerprint density at radius 1 is 0.765 bits per heavy atom. The van der Waals surface area contributed by atoms with Gasteiger partial charge in [0.25, 0.3) is 0 Å². The molecular weight excluding hydrogens is 420 g/mol. The Morgan fingerprint density at radius 3 is 2.47 bits per heavy atom. The van der Waals surface area contributed by atoms with Crippen molar-refractivity contribution in [2.75, 3.05) is 4.90 Å². The van der Waals surface area contributed by atoms with E-state index in [2.05, 4.69) is 83.5 Å². The second-order valence-electron chi connectivity index (χ2n) is 8.51. The van der Waals surface area contributed by atoms with Gasteiger partial charge in [-0.2, -0.15) is 5.10 Å². The molecule has 1 aliphatic rings. The van der Waals surface area contributed by atoms with Gasteiger partial charge in [-0.05, 0) is 68.4 Å². The first-order valence-electron chi connectivity index (χ1n) is 11.4. The van der Waals surface area contributed by atoms with Gasteiger partial charge in [0, 0.05) is 28.7 Å². The number of pyridine rings is 1. The summed E-state index contributed by atoms with van der Waals surface area (Å²) in [6.07, 6.45) is 1.83. The predicted octanol–water partition coefficient (Wildman–Crippen LogP) is 6.91. The first-order chi connectivity index (χ1) is 16.7. The van der Waals surface area contributed by atoms with E-state index >= 15 is 0 Å². The Hall–Kier alpha value is -4.38. The standard InChI is InChI=1S/C29H24N4O/c1-20-16-21(2)33(31-20)25-13-14-29-28(18-25)32(27-12-4-3-8-23(27)19-34-29)24-10-7-9-22(17-24)26-11-5-6-15-30-26/h3-18H,19H2,1-2H3. The van der Waals surface area contributed by atoms with Crippen LogP contribution >= 0.6 is 0 Å². The van der Waals surface area contributed by atoms with Gasteiger partial charge in [0.2, 0.25) is 0 Å². The van der Waals surface area contributed by atoms with Crippen molar-refractivity contribution in [1.82, 2.24) is 14.8 Å². The van der Waals surface area contributed by atoms with Gasteiger partial charge in [-0.1, -0.05) is 36.4 Å². The van der Waals surface area contributed by atoms with Crippen LogP contribution in [0.3, 0.4) is 0 Å². The van der Waals surface area contributed by atoms with E-state index in [1.54, 1.807) is 0 Å². The normalized spacial score (nSPS) is 12.5. The number of benzene rings is 3. The summed E-state index contributed by atoms with van der Waals surface area (Å²) >= 11 is 0. The summed E-state index contributed by atoms with van der Waals surface area (Å²) in [7, 11) is 0. The number of fused-ring (bicyclic) bond motifs is 2. The summed E-state index contributed by atoms with van der Waals surface area (Å²) in [4.78, 5) is 6.83. The Kier molecular flexibility index (Phi) is 4.88. The van der Waals surface area contributed by atoms with E-state index in [1.165, 1.54) is 0 Å². The number of ether oxygens (including phenoxy) is 1. The molecule has 0 saturated heterocycles. The molecule has 5 heteroatoms. The Labute approximate surface area is 198 Å². The highest BCUT2D eigenvalue weighted by atomic mass is 16.5. The third-order valence-electron chi connectivity index (χ3n) is 6.12. The van der Waals surface area contributed by atoms with Crippen LogP contribution in [-0.4, -0.2) is 14.8 Å². The second kappa shape index (κ2) is 8.19. The third kappa shape index (κ3) is 3.52. The van der Waals surface area contributed by atoms with Crippen molar-refractivity contribution >= 4 is 17.1 Å². The van der Waals surface area contributed by atoms with Gasteiger partial charge in [0.15, 0.2) is 0 Å². The van der Waals surface area contributed by atoms with Gasteiger partial charge in [0.05, 0.1) is 28.5 Å². The van der Waals surface area contributed by atoms with Crippen LogP contribution in [0.15, 0.2) is 97.2 Å². The number of rotatable bonds is 3. The Bertz CT molecular complexity index is 1490. The van der Waals surface area contributed by atoms with Crippen LogP contribution in [0.25, 0.3) is 16.9 Å². The van der Waals surface area contributed by atoms with E-state index in [4.69, 9.17) is 9.84 Å². The molecule has 2 aromatic heterocycles. The molecule has 0 atom stereocenters. The number of anilines is 3. The van der Waals surface area contributed by atoms with Gasteiger partial charge in [-0.15, -0.1) is 0 Å². The summed E-state index contributed by atoms with van der Waals surface area (Å²) in [6, 6.07) is 31.2.